The third-order valence-corrected chi connectivity index (χ3v) is 0.777. The Hall–Kier alpha value is -0.760. The smallest absolute Gasteiger partial charge is 0.246 e. The Labute approximate surface area is 54.3 Å². The van der Waals surface area contributed by atoms with Crippen molar-refractivity contribution in [1.82, 2.24) is 4.98 Å². The zero-order valence-electron chi connectivity index (χ0n) is 4.34. The van der Waals surface area contributed by atoms with E-state index in [-0.39, 0.29) is 12.4 Å². The van der Waals surface area contributed by atoms with Gasteiger partial charge in [-0.05, 0) is 0 Å². The normalized spacial score (nSPS) is 7.50. The number of hydrogen-bond acceptors (Lipinski definition) is 0. The van der Waals surface area contributed by atoms with E-state index in [2.05, 4.69) is 11.6 Å². The highest BCUT2D eigenvalue weighted by Gasteiger charge is 1.82. The van der Waals surface area contributed by atoms with Gasteiger partial charge in [-0.3, -0.25) is 0 Å². The first-order valence-corrected chi connectivity index (χ1v) is 2.09. The summed E-state index contributed by atoms with van der Waals surface area (Å²) in [7, 11) is 0. The zero-order valence-corrected chi connectivity index (χ0v) is 5.10. The fourth-order valence-corrected chi connectivity index (χ4v) is 0.415. The van der Waals surface area contributed by atoms with Crippen molar-refractivity contribution >= 4 is 6.20 Å². The number of nitrogens with zero attached hydrogens (tertiary/aromatic N) is 1. The molecule has 0 saturated carbocycles. The third kappa shape index (κ3) is 1.39. The maximum absolute atomic E-state index is 3.55. The molecule has 0 radical (unpaired) electrons. The van der Waals surface area contributed by atoms with Crippen molar-refractivity contribution < 1.29 is 17.0 Å². The summed E-state index contributed by atoms with van der Waals surface area (Å²) < 4.78 is 1.83. The molecule has 1 N–H and O–H groups in total. The minimum atomic E-state index is 0. The van der Waals surface area contributed by atoms with Crippen molar-refractivity contribution in [2.45, 2.75) is 0 Å². The van der Waals surface area contributed by atoms with E-state index in [9.17, 15) is 0 Å². The molecule has 1 heterocycles. The van der Waals surface area contributed by atoms with Gasteiger partial charge >= 0.3 is 0 Å². The molecule has 2 nitrogen and oxygen atoms in total. The van der Waals surface area contributed by atoms with Crippen LogP contribution in [0.25, 0.3) is 6.20 Å². The molecular weight excluding hydrogens is 124 g/mol. The molecule has 0 unspecified atom stereocenters. The second-order valence-corrected chi connectivity index (χ2v) is 1.24. The monoisotopic (exact) mass is 130 g/mol. The summed E-state index contributed by atoms with van der Waals surface area (Å²) in [5.74, 6) is 0. The van der Waals surface area contributed by atoms with Gasteiger partial charge in [-0.15, -0.1) is 0 Å². The van der Waals surface area contributed by atoms with E-state index in [1.54, 1.807) is 6.20 Å². The molecule has 0 spiro atoms. The maximum atomic E-state index is 3.55. The molecule has 0 amide bonds. The summed E-state index contributed by atoms with van der Waals surface area (Å²) in [6.45, 7) is 3.55. The van der Waals surface area contributed by atoms with Crippen LogP contribution >= 0.6 is 0 Å². The Morgan fingerprint density at radius 1 is 1.62 bits per heavy atom. The summed E-state index contributed by atoms with van der Waals surface area (Å²) in [5, 5.41) is 0. The molecule has 0 aliphatic heterocycles. The maximum Gasteiger partial charge on any atom is 0.246 e. The minimum Gasteiger partial charge on any atom is -1.00 e. The molecule has 1 aromatic rings. The number of aromatic nitrogens is 2. The summed E-state index contributed by atoms with van der Waals surface area (Å²) in [6, 6.07) is 0. The lowest BCUT2D eigenvalue weighted by molar-refractivity contribution is -0.566. The summed E-state index contributed by atoms with van der Waals surface area (Å²) >= 11 is 0. The van der Waals surface area contributed by atoms with E-state index in [0.717, 1.165) is 0 Å². The van der Waals surface area contributed by atoms with Gasteiger partial charge in [-0.25, -0.2) is 9.55 Å². The number of halogens is 1. The lowest BCUT2D eigenvalue weighted by Gasteiger charge is -1.70. The van der Waals surface area contributed by atoms with Gasteiger partial charge in [0.1, 0.15) is 12.4 Å². The van der Waals surface area contributed by atoms with E-state index in [1.165, 1.54) is 0 Å². The highest BCUT2D eigenvalue weighted by molar-refractivity contribution is 4.93. The van der Waals surface area contributed by atoms with Crippen LogP contribution in [-0.4, -0.2) is 4.98 Å². The van der Waals surface area contributed by atoms with E-state index in [0.29, 0.717) is 0 Å². The Balaban J connectivity index is 0.000000490. The number of rotatable bonds is 1. The Kier molecular flexibility index (Phi) is 2.96. The zero-order chi connectivity index (χ0) is 5.11. The lowest BCUT2D eigenvalue weighted by atomic mass is 10.9. The third-order valence-electron chi connectivity index (χ3n) is 0.777. The summed E-state index contributed by atoms with van der Waals surface area (Å²) in [4.78, 5) is 2.87. The molecule has 0 aromatic carbocycles. The Morgan fingerprint density at radius 3 is 2.62 bits per heavy atom. The number of aromatic amines is 1. The highest BCUT2D eigenvalue weighted by atomic mass is 35.5. The van der Waals surface area contributed by atoms with Gasteiger partial charge in [0.15, 0.2) is 0 Å². The van der Waals surface area contributed by atoms with Gasteiger partial charge < -0.3 is 12.4 Å². The van der Waals surface area contributed by atoms with Crippen molar-refractivity contribution in [2.24, 2.45) is 0 Å². The molecule has 1 rings (SSSR count). The first-order chi connectivity index (χ1) is 3.43. The van der Waals surface area contributed by atoms with Gasteiger partial charge in [0, 0.05) is 0 Å². The first kappa shape index (κ1) is 7.24. The van der Waals surface area contributed by atoms with Crippen molar-refractivity contribution in [3.63, 3.8) is 0 Å². The number of H-pyrrole nitrogens is 1. The molecule has 0 aliphatic rings. The van der Waals surface area contributed by atoms with Crippen LogP contribution in [0.5, 0.6) is 0 Å². The predicted molar refractivity (Wildman–Crippen MR) is 27.4 cm³/mol. The topological polar surface area (TPSA) is 19.7 Å². The van der Waals surface area contributed by atoms with Gasteiger partial charge in [-0.1, -0.05) is 6.58 Å². The average molecular weight is 131 g/mol. The Morgan fingerprint density at radius 2 is 2.38 bits per heavy atom. The fourth-order valence-electron chi connectivity index (χ4n) is 0.415. The van der Waals surface area contributed by atoms with E-state index >= 15 is 0 Å². The lowest BCUT2D eigenvalue weighted by Crippen LogP contribution is -3.00. The average Bonchev–Trinajstić information content (AvgIpc) is 2.14. The van der Waals surface area contributed by atoms with E-state index in [4.69, 9.17) is 0 Å². The fraction of sp³-hybridized carbons (Fsp3) is 0. The second-order valence-electron chi connectivity index (χ2n) is 1.24. The summed E-state index contributed by atoms with van der Waals surface area (Å²) in [6.07, 6.45) is 7.25. The van der Waals surface area contributed by atoms with Crippen LogP contribution in [0.4, 0.5) is 0 Å². The van der Waals surface area contributed by atoms with Crippen molar-refractivity contribution in [3.05, 3.63) is 25.3 Å². The molecule has 0 fully saturated rings. The first-order valence-electron chi connectivity index (χ1n) is 2.09. The van der Waals surface area contributed by atoms with Gasteiger partial charge in [0.2, 0.25) is 6.33 Å². The van der Waals surface area contributed by atoms with E-state index in [1.807, 2.05) is 23.3 Å². The standard InChI is InChI=1S/C5H6N2.ClH/c1-2-7-4-3-6-5-7;/h2-5H,1H2;1H. The van der Waals surface area contributed by atoms with Gasteiger partial charge in [0.05, 0.1) is 6.20 Å². The van der Waals surface area contributed by atoms with Crippen molar-refractivity contribution in [2.75, 3.05) is 0 Å². The molecule has 3 heteroatoms. The number of nitrogens with one attached hydrogen (secondary N) is 1. The van der Waals surface area contributed by atoms with E-state index < -0.39 is 0 Å². The molecule has 1 aromatic heterocycles. The number of imidazole rings is 1. The molecule has 44 valence electrons. The minimum absolute atomic E-state index is 0. The molecule has 0 aliphatic carbocycles. The van der Waals surface area contributed by atoms with Crippen LogP contribution in [0.1, 0.15) is 0 Å². The second kappa shape index (κ2) is 3.27. The molecule has 0 atom stereocenters. The van der Waals surface area contributed by atoms with Crippen LogP contribution in [-0.2, 0) is 0 Å². The van der Waals surface area contributed by atoms with Crippen LogP contribution in [0.3, 0.4) is 0 Å². The van der Waals surface area contributed by atoms with Crippen molar-refractivity contribution in [1.29, 1.82) is 0 Å². The van der Waals surface area contributed by atoms with Gasteiger partial charge in [-0.2, -0.15) is 0 Å². The van der Waals surface area contributed by atoms with Crippen LogP contribution in [0.15, 0.2) is 25.3 Å². The number of hydrogen-bond donors (Lipinski definition) is 1. The van der Waals surface area contributed by atoms with Crippen LogP contribution in [0.2, 0.25) is 0 Å². The quantitative estimate of drug-likeness (QED) is 0.403. The molecule has 0 saturated heterocycles. The molecule has 0 bridgehead atoms. The Bertz CT molecular complexity index is 145. The highest BCUT2D eigenvalue weighted by Crippen LogP contribution is 1.65. The molecule has 8 heavy (non-hydrogen) atoms. The predicted octanol–water partition coefficient (Wildman–Crippen LogP) is -2.59. The van der Waals surface area contributed by atoms with Gasteiger partial charge in [0.25, 0.3) is 0 Å². The summed E-state index contributed by atoms with van der Waals surface area (Å²) in [5.41, 5.74) is 0. The van der Waals surface area contributed by atoms with Crippen LogP contribution < -0.4 is 17.0 Å². The largest absolute Gasteiger partial charge is 1.00 e. The van der Waals surface area contributed by atoms with Crippen LogP contribution in [0, 0.1) is 0 Å². The SMILES string of the molecule is C=C[n+]1cc[nH]c1.[Cl-]. The van der Waals surface area contributed by atoms with Crippen molar-refractivity contribution in [3.8, 4) is 0 Å². The molecular formula is C5H7ClN2.